The lowest BCUT2D eigenvalue weighted by Crippen LogP contribution is -2.47. The zero-order valence-corrected chi connectivity index (χ0v) is 20.2. The van der Waals surface area contributed by atoms with Gasteiger partial charge in [-0.1, -0.05) is 18.5 Å². The van der Waals surface area contributed by atoms with Gasteiger partial charge in [0.05, 0.1) is 27.0 Å². The minimum Gasteiger partial charge on any atom is -0.355 e. The van der Waals surface area contributed by atoms with Crippen molar-refractivity contribution < 1.29 is 18.8 Å². The van der Waals surface area contributed by atoms with Gasteiger partial charge < -0.3 is 16.0 Å². The molecule has 178 valence electrons. The van der Waals surface area contributed by atoms with Gasteiger partial charge in [0.2, 0.25) is 5.91 Å². The summed E-state index contributed by atoms with van der Waals surface area (Å²) in [5.74, 6) is -1.14. The summed E-state index contributed by atoms with van der Waals surface area (Å²) in [6.45, 7) is 6.38. The molecule has 1 aromatic heterocycles. The first-order chi connectivity index (χ1) is 15.8. The van der Waals surface area contributed by atoms with Crippen LogP contribution >= 0.6 is 22.9 Å². The first-order valence-corrected chi connectivity index (χ1v) is 12.1. The molecule has 0 saturated carbocycles. The number of halogens is 2. The van der Waals surface area contributed by atoms with Crippen LogP contribution in [-0.2, 0) is 4.79 Å². The Kier molecular flexibility index (Phi) is 8.82. The van der Waals surface area contributed by atoms with Crippen LogP contribution in [0.15, 0.2) is 24.3 Å². The molecule has 1 saturated heterocycles. The van der Waals surface area contributed by atoms with Crippen molar-refractivity contribution in [2.24, 2.45) is 0 Å². The van der Waals surface area contributed by atoms with Crippen LogP contribution in [0.4, 0.5) is 9.39 Å². The molecule has 0 atom stereocenters. The van der Waals surface area contributed by atoms with Gasteiger partial charge in [-0.3, -0.25) is 19.3 Å². The van der Waals surface area contributed by atoms with Crippen LogP contribution < -0.4 is 16.0 Å². The van der Waals surface area contributed by atoms with E-state index >= 15 is 0 Å². The predicted octanol–water partition coefficient (Wildman–Crippen LogP) is 3.82. The summed E-state index contributed by atoms with van der Waals surface area (Å²) < 4.78 is 13.2. The minimum atomic E-state index is -0.520. The number of nitrogens with one attached hydrogen (secondary N) is 3. The number of carbonyl (C=O) groups excluding carboxylic acids is 3. The summed E-state index contributed by atoms with van der Waals surface area (Å²) in [6, 6.07) is 5.33. The Morgan fingerprint density at radius 3 is 2.58 bits per heavy atom. The molecule has 0 unspecified atom stereocenters. The highest BCUT2D eigenvalue weighted by Gasteiger charge is 2.24. The fraction of sp³-hybridized carbons (Fsp3) is 0.435. The van der Waals surface area contributed by atoms with Gasteiger partial charge in [-0.15, -0.1) is 11.3 Å². The third kappa shape index (κ3) is 6.99. The minimum absolute atomic E-state index is 0.0212. The highest BCUT2D eigenvalue weighted by atomic mass is 35.5. The zero-order valence-electron chi connectivity index (χ0n) is 18.7. The largest absolute Gasteiger partial charge is 0.355 e. The lowest BCUT2D eigenvalue weighted by molar-refractivity contribution is -0.122. The maximum absolute atomic E-state index is 13.2. The van der Waals surface area contributed by atoms with Crippen molar-refractivity contribution in [3.63, 3.8) is 0 Å². The molecule has 3 amide bonds. The fourth-order valence-corrected chi connectivity index (χ4v) is 4.86. The summed E-state index contributed by atoms with van der Waals surface area (Å²) >= 11 is 7.14. The maximum atomic E-state index is 13.2. The topological polar surface area (TPSA) is 90.5 Å². The number of piperidine rings is 1. The van der Waals surface area contributed by atoms with E-state index in [-0.39, 0.29) is 28.4 Å². The third-order valence-corrected chi connectivity index (χ3v) is 6.86. The molecule has 7 nitrogen and oxygen atoms in total. The van der Waals surface area contributed by atoms with E-state index in [9.17, 15) is 18.8 Å². The number of hydrogen-bond donors (Lipinski definition) is 3. The maximum Gasteiger partial charge on any atom is 0.261 e. The first-order valence-electron chi connectivity index (χ1n) is 10.9. The summed E-state index contributed by atoms with van der Waals surface area (Å²) in [7, 11) is 0. The SMILES string of the molecule is CCCNC(=O)CN1CCC(NC(=O)c2sc(NC(=O)c3ccc(F)cc3Cl)cc2C)CC1. The molecule has 0 bridgehead atoms. The van der Waals surface area contributed by atoms with E-state index in [4.69, 9.17) is 11.6 Å². The molecule has 0 spiro atoms. The lowest BCUT2D eigenvalue weighted by Gasteiger charge is -2.31. The van der Waals surface area contributed by atoms with E-state index in [1.54, 1.807) is 6.07 Å². The molecular formula is C23H28ClFN4O3S. The predicted molar refractivity (Wildman–Crippen MR) is 129 cm³/mol. The molecule has 2 heterocycles. The van der Waals surface area contributed by atoms with Crippen molar-refractivity contribution in [2.75, 3.05) is 31.5 Å². The molecule has 0 radical (unpaired) electrons. The van der Waals surface area contributed by atoms with Gasteiger partial charge in [0.15, 0.2) is 0 Å². The van der Waals surface area contributed by atoms with Crippen molar-refractivity contribution in [2.45, 2.75) is 39.2 Å². The quantitative estimate of drug-likeness (QED) is 0.520. The van der Waals surface area contributed by atoms with Crippen LogP contribution in [0, 0.1) is 12.7 Å². The highest BCUT2D eigenvalue weighted by molar-refractivity contribution is 7.18. The first kappa shape index (κ1) is 25.1. The van der Waals surface area contributed by atoms with Crippen LogP contribution in [0.25, 0.3) is 0 Å². The van der Waals surface area contributed by atoms with Crippen molar-refractivity contribution >= 4 is 45.7 Å². The summed E-state index contributed by atoms with van der Waals surface area (Å²) in [5, 5.41) is 9.20. The second-order valence-corrected chi connectivity index (χ2v) is 9.53. The number of amides is 3. The number of thiophene rings is 1. The molecule has 1 aliphatic heterocycles. The monoisotopic (exact) mass is 494 g/mol. The number of nitrogens with zero attached hydrogens (tertiary/aromatic N) is 1. The molecule has 0 aliphatic carbocycles. The molecule has 3 rings (SSSR count). The molecular weight excluding hydrogens is 467 g/mol. The van der Waals surface area contributed by atoms with Crippen molar-refractivity contribution in [3.8, 4) is 0 Å². The number of hydrogen-bond acceptors (Lipinski definition) is 5. The van der Waals surface area contributed by atoms with E-state index in [1.165, 1.54) is 23.5 Å². The normalized spacial score (nSPS) is 14.7. The molecule has 2 aromatic rings. The van der Waals surface area contributed by atoms with Gasteiger partial charge in [0, 0.05) is 25.7 Å². The number of likely N-dealkylation sites (tertiary alicyclic amines) is 1. The van der Waals surface area contributed by atoms with E-state index in [0.29, 0.717) is 23.0 Å². The molecule has 1 fully saturated rings. The Balaban J connectivity index is 1.52. The number of anilines is 1. The number of benzene rings is 1. The Bertz CT molecular complexity index is 1020. The van der Waals surface area contributed by atoms with Crippen LogP contribution in [0.2, 0.25) is 5.02 Å². The van der Waals surface area contributed by atoms with Crippen LogP contribution in [0.3, 0.4) is 0 Å². The molecule has 33 heavy (non-hydrogen) atoms. The van der Waals surface area contributed by atoms with Gasteiger partial charge in [0.25, 0.3) is 11.8 Å². The Morgan fingerprint density at radius 1 is 1.18 bits per heavy atom. The Hall–Kier alpha value is -2.49. The molecule has 10 heteroatoms. The van der Waals surface area contributed by atoms with Gasteiger partial charge in [-0.2, -0.15) is 0 Å². The number of rotatable bonds is 8. The zero-order chi connectivity index (χ0) is 24.0. The average molecular weight is 495 g/mol. The van der Waals surface area contributed by atoms with Gasteiger partial charge in [0.1, 0.15) is 5.82 Å². The number of aryl methyl sites for hydroxylation is 1. The van der Waals surface area contributed by atoms with E-state index in [1.807, 2.05) is 13.8 Å². The Morgan fingerprint density at radius 2 is 1.91 bits per heavy atom. The van der Waals surface area contributed by atoms with Crippen molar-refractivity contribution in [1.82, 2.24) is 15.5 Å². The van der Waals surface area contributed by atoms with Gasteiger partial charge in [-0.05, 0) is 56.0 Å². The molecule has 3 N–H and O–H groups in total. The average Bonchev–Trinajstić information content (AvgIpc) is 3.13. The Labute approximate surface area is 201 Å². The van der Waals surface area contributed by atoms with Crippen molar-refractivity contribution in [1.29, 1.82) is 0 Å². The van der Waals surface area contributed by atoms with E-state index in [0.717, 1.165) is 44.0 Å². The third-order valence-electron chi connectivity index (χ3n) is 5.40. The van der Waals surface area contributed by atoms with Crippen LogP contribution in [0.1, 0.15) is 51.8 Å². The summed E-state index contributed by atoms with van der Waals surface area (Å²) in [4.78, 5) is 39.8. The van der Waals surface area contributed by atoms with Gasteiger partial charge in [-0.25, -0.2) is 4.39 Å². The molecule has 1 aliphatic rings. The highest BCUT2D eigenvalue weighted by Crippen LogP contribution is 2.28. The second kappa shape index (κ2) is 11.6. The van der Waals surface area contributed by atoms with Crippen molar-refractivity contribution in [3.05, 3.63) is 51.1 Å². The van der Waals surface area contributed by atoms with Crippen LogP contribution in [0.5, 0.6) is 0 Å². The number of carbonyl (C=O) groups is 3. The van der Waals surface area contributed by atoms with Crippen LogP contribution in [-0.4, -0.2) is 54.8 Å². The second-order valence-electron chi connectivity index (χ2n) is 8.07. The molecule has 1 aromatic carbocycles. The summed E-state index contributed by atoms with van der Waals surface area (Å²) in [5.41, 5.74) is 0.910. The fourth-order valence-electron chi connectivity index (χ4n) is 3.63. The lowest BCUT2D eigenvalue weighted by atomic mass is 10.0. The van der Waals surface area contributed by atoms with E-state index in [2.05, 4.69) is 20.9 Å². The standard InChI is InChI=1S/C23H28ClFN4O3S/c1-3-8-26-19(30)13-29-9-6-16(7-10-29)27-23(32)21-14(2)11-20(33-21)28-22(31)17-5-4-15(25)12-18(17)24/h4-5,11-12,16H,3,6-10,13H2,1-2H3,(H,26,30)(H,27,32)(H,28,31). The summed E-state index contributed by atoms with van der Waals surface area (Å²) in [6.07, 6.45) is 2.45. The smallest absolute Gasteiger partial charge is 0.261 e. The van der Waals surface area contributed by atoms with Gasteiger partial charge >= 0.3 is 0 Å². The van der Waals surface area contributed by atoms with E-state index < -0.39 is 11.7 Å².